The maximum atomic E-state index is 12.9. The minimum atomic E-state index is -0.779. The van der Waals surface area contributed by atoms with Crippen LogP contribution < -0.4 is 0 Å². The number of hydrogen-bond donors (Lipinski definition) is 0. The molecular formula is C72H132O6. The number of ether oxygens (including phenoxy) is 3. The molecule has 0 N–H and O–H groups in total. The smallest absolute Gasteiger partial charge is 0.306 e. The number of unbranched alkanes of at least 4 members (excludes halogenated alkanes) is 45. The lowest BCUT2D eigenvalue weighted by Gasteiger charge is -2.18. The lowest BCUT2D eigenvalue weighted by Crippen LogP contribution is -2.30. The average Bonchev–Trinajstić information content (AvgIpc) is 3.44. The Morgan fingerprint density at radius 3 is 0.756 bits per heavy atom. The summed E-state index contributed by atoms with van der Waals surface area (Å²) in [6, 6.07) is 0. The highest BCUT2D eigenvalue weighted by Crippen LogP contribution is 2.18. The highest BCUT2D eigenvalue weighted by Gasteiger charge is 2.19. The van der Waals surface area contributed by atoms with Gasteiger partial charge in [0.2, 0.25) is 0 Å². The van der Waals surface area contributed by atoms with Gasteiger partial charge in [0, 0.05) is 19.3 Å². The lowest BCUT2D eigenvalue weighted by molar-refractivity contribution is -0.167. The van der Waals surface area contributed by atoms with Gasteiger partial charge in [0.1, 0.15) is 13.2 Å². The molecule has 1 unspecified atom stereocenters. The molecule has 0 heterocycles. The summed E-state index contributed by atoms with van der Waals surface area (Å²) in [5.41, 5.74) is 0. The van der Waals surface area contributed by atoms with Crippen LogP contribution in [0.1, 0.15) is 374 Å². The van der Waals surface area contributed by atoms with E-state index in [9.17, 15) is 14.4 Å². The second-order valence-corrected chi connectivity index (χ2v) is 23.4. The van der Waals surface area contributed by atoms with Crippen molar-refractivity contribution in [2.24, 2.45) is 0 Å². The van der Waals surface area contributed by atoms with Gasteiger partial charge in [-0.05, 0) is 83.5 Å². The van der Waals surface area contributed by atoms with Gasteiger partial charge in [0.25, 0.3) is 0 Å². The van der Waals surface area contributed by atoms with Crippen molar-refractivity contribution in [2.45, 2.75) is 380 Å². The Labute approximate surface area is 486 Å². The fraction of sp³-hybridized carbons (Fsp3) is 0.847. The zero-order chi connectivity index (χ0) is 56.4. The number of allylic oxidation sites excluding steroid dienone is 8. The number of carbonyl (C=O) groups is 3. The van der Waals surface area contributed by atoms with Crippen molar-refractivity contribution >= 4 is 17.9 Å². The van der Waals surface area contributed by atoms with E-state index in [-0.39, 0.29) is 31.1 Å². The molecule has 78 heavy (non-hydrogen) atoms. The van der Waals surface area contributed by atoms with E-state index in [1.54, 1.807) is 0 Å². The molecule has 0 saturated carbocycles. The summed E-state index contributed by atoms with van der Waals surface area (Å²) in [6.07, 6.45) is 84.2. The van der Waals surface area contributed by atoms with Crippen LogP contribution >= 0.6 is 0 Å². The number of rotatable bonds is 64. The lowest BCUT2D eigenvalue weighted by atomic mass is 10.0. The third-order valence-corrected chi connectivity index (χ3v) is 15.6. The summed E-state index contributed by atoms with van der Waals surface area (Å²) in [6.45, 7) is 6.66. The van der Waals surface area contributed by atoms with E-state index < -0.39 is 6.10 Å². The molecule has 0 aromatic carbocycles. The summed E-state index contributed by atoms with van der Waals surface area (Å²) in [4.78, 5) is 38.4. The van der Waals surface area contributed by atoms with Crippen molar-refractivity contribution in [1.82, 2.24) is 0 Å². The van der Waals surface area contributed by atoms with E-state index >= 15 is 0 Å². The van der Waals surface area contributed by atoms with Crippen molar-refractivity contribution in [1.29, 1.82) is 0 Å². The summed E-state index contributed by atoms with van der Waals surface area (Å²) in [5, 5.41) is 0. The van der Waals surface area contributed by atoms with Gasteiger partial charge in [-0.3, -0.25) is 14.4 Å². The molecule has 0 rings (SSSR count). The molecular weight excluding hydrogens is 961 g/mol. The van der Waals surface area contributed by atoms with E-state index in [1.165, 1.54) is 257 Å². The highest BCUT2D eigenvalue weighted by atomic mass is 16.6. The van der Waals surface area contributed by atoms with Crippen molar-refractivity contribution < 1.29 is 28.6 Å². The van der Waals surface area contributed by atoms with Gasteiger partial charge >= 0.3 is 17.9 Å². The van der Waals surface area contributed by atoms with Crippen LogP contribution in [0.25, 0.3) is 0 Å². The fourth-order valence-corrected chi connectivity index (χ4v) is 10.3. The normalized spacial score (nSPS) is 12.3. The fourth-order valence-electron chi connectivity index (χ4n) is 10.3. The van der Waals surface area contributed by atoms with Gasteiger partial charge in [0.05, 0.1) is 0 Å². The van der Waals surface area contributed by atoms with Gasteiger partial charge in [-0.15, -0.1) is 0 Å². The molecule has 0 radical (unpaired) electrons. The Hall–Kier alpha value is -2.63. The van der Waals surface area contributed by atoms with Gasteiger partial charge in [-0.2, -0.15) is 0 Å². The third-order valence-electron chi connectivity index (χ3n) is 15.6. The van der Waals surface area contributed by atoms with Crippen LogP contribution in [0.4, 0.5) is 0 Å². The quantitative estimate of drug-likeness (QED) is 0.0261. The van der Waals surface area contributed by atoms with Crippen molar-refractivity contribution in [3.05, 3.63) is 48.6 Å². The second-order valence-electron chi connectivity index (χ2n) is 23.4. The molecule has 6 heteroatoms. The molecule has 0 aliphatic carbocycles. The Morgan fingerprint density at radius 1 is 0.256 bits per heavy atom. The minimum Gasteiger partial charge on any atom is -0.462 e. The molecule has 456 valence electrons. The highest BCUT2D eigenvalue weighted by molar-refractivity contribution is 5.71. The Morgan fingerprint density at radius 2 is 0.462 bits per heavy atom. The van der Waals surface area contributed by atoms with Crippen LogP contribution in [0.2, 0.25) is 0 Å². The average molecular weight is 1090 g/mol. The van der Waals surface area contributed by atoms with Gasteiger partial charge in [0.15, 0.2) is 6.10 Å². The topological polar surface area (TPSA) is 78.9 Å². The first-order valence-corrected chi connectivity index (χ1v) is 34.6. The molecule has 1 atom stereocenters. The largest absolute Gasteiger partial charge is 0.462 e. The van der Waals surface area contributed by atoms with Crippen molar-refractivity contribution in [3.8, 4) is 0 Å². The van der Waals surface area contributed by atoms with Gasteiger partial charge in [-0.25, -0.2) is 0 Å². The molecule has 0 bridgehead atoms. The van der Waals surface area contributed by atoms with E-state index in [4.69, 9.17) is 14.2 Å². The number of carbonyl (C=O) groups excluding carboxylic acids is 3. The Bertz CT molecular complexity index is 1350. The van der Waals surface area contributed by atoms with Crippen LogP contribution in [-0.4, -0.2) is 37.2 Å². The molecule has 0 aliphatic heterocycles. The first-order valence-electron chi connectivity index (χ1n) is 34.6. The zero-order valence-corrected chi connectivity index (χ0v) is 52.5. The number of hydrogen-bond acceptors (Lipinski definition) is 6. The molecule has 0 amide bonds. The summed E-state index contributed by atoms with van der Waals surface area (Å²) in [5.74, 6) is -0.862. The third kappa shape index (κ3) is 64.2. The summed E-state index contributed by atoms with van der Waals surface area (Å²) < 4.78 is 17.0. The Kier molecular flexibility index (Phi) is 64.6. The summed E-state index contributed by atoms with van der Waals surface area (Å²) in [7, 11) is 0. The second kappa shape index (κ2) is 66.9. The molecule has 0 aliphatic rings. The predicted molar refractivity (Wildman–Crippen MR) is 339 cm³/mol. The molecule has 0 saturated heterocycles. The molecule has 0 fully saturated rings. The minimum absolute atomic E-state index is 0.0739. The number of esters is 3. The van der Waals surface area contributed by atoms with Crippen LogP contribution in [0.15, 0.2) is 48.6 Å². The zero-order valence-electron chi connectivity index (χ0n) is 52.5. The van der Waals surface area contributed by atoms with Gasteiger partial charge < -0.3 is 14.2 Å². The molecule has 0 aromatic heterocycles. The molecule has 6 nitrogen and oxygen atoms in total. The van der Waals surface area contributed by atoms with Gasteiger partial charge in [-0.1, -0.05) is 320 Å². The first-order chi connectivity index (χ1) is 38.5. The SMILES string of the molecule is CCCCC/C=C\C/C=C\C/C=C\CCCCCCCCC(=O)OC(COC(=O)CCCCCCCCCCCCCCCC)COC(=O)CCCCCCCCCCCCCCCCC/C=C\CCCCCCCCCC. The van der Waals surface area contributed by atoms with E-state index in [0.29, 0.717) is 19.3 Å². The standard InChI is InChI=1S/C72H132O6/c1-4-7-10-13-16-19-22-25-28-30-32-33-34-35-36-37-38-39-41-42-44-47-50-53-56-59-62-65-71(74)77-68-69(67-76-70(73)64-61-58-55-52-49-46-27-24-21-18-15-12-9-6-3)78-72(75)66-63-60-57-54-51-48-45-43-40-31-29-26-23-20-17-14-11-8-5-2/h17,20,26,29-30,32,40,43,69H,4-16,18-19,21-25,27-28,31,33-39,41-42,44-68H2,1-3H3/b20-17-,29-26-,32-30-,43-40-. The van der Waals surface area contributed by atoms with E-state index in [0.717, 1.165) is 77.0 Å². The van der Waals surface area contributed by atoms with Crippen LogP contribution in [0, 0.1) is 0 Å². The monoisotopic (exact) mass is 1090 g/mol. The predicted octanol–water partition coefficient (Wildman–Crippen LogP) is 23.7. The first kappa shape index (κ1) is 75.4. The van der Waals surface area contributed by atoms with Crippen molar-refractivity contribution in [2.75, 3.05) is 13.2 Å². The van der Waals surface area contributed by atoms with Crippen molar-refractivity contribution in [3.63, 3.8) is 0 Å². The maximum Gasteiger partial charge on any atom is 0.306 e. The van der Waals surface area contributed by atoms with Crippen LogP contribution in [0.5, 0.6) is 0 Å². The Balaban J connectivity index is 4.25. The van der Waals surface area contributed by atoms with Crippen LogP contribution in [-0.2, 0) is 28.6 Å². The van der Waals surface area contributed by atoms with E-state index in [2.05, 4.69) is 69.4 Å². The molecule has 0 spiro atoms. The maximum absolute atomic E-state index is 12.9. The summed E-state index contributed by atoms with van der Waals surface area (Å²) >= 11 is 0. The van der Waals surface area contributed by atoms with E-state index in [1.807, 2.05) is 0 Å². The molecule has 0 aromatic rings. The van der Waals surface area contributed by atoms with Crippen LogP contribution in [0.3, 0.4) is 0 Å².